The fraction of sp³-hybridized carbons (Fsp3) is 0.350. The predicted octanol–water partition coefficient (Wildman–Crippen LogP) is 2.72. The fourth-order valence-electron chi connectivity index (χ4n) is 3.01. The highest BCUT2D eigenvalue weighted by Gasteiger charge is 2.21. The second-order valence-corrected chi connectivity index (χ2v) is 6.25. The van der Waals surface area contributed by atoms with Crippen molar-refractivity contribution in [1.82, 2.24) is 10.2 Å². The zero-order valence-electron chi connectivity index (χ0n) is 15.0. The number of hydrogen-bond acceptors (Lipinski definition) is 4. The topological polar surface area (TPSA) is 62.8 Å². The van der Waals surface area contributed by atoms with Crippen LogP contribution in [0.2, 0.25) is 0 Å². The van der Waals surface area contributed by atoms with E-state index in [2.05, 4.69) is 39.8 Å². The Labute approximate surface area is 154 Å². The number of carbonyl (C=O) groups excluding carboxylic acids is 1. The van der Waals surface area contributed by atoms with Crippen molar-refractivity contribution in [3.8, 4) is 5.75 Å². The van der Waals surface area contributed by atoms with Gasteiger partial charge in [0.1, 0.15) is 5.75 Å². The van der Waals surface area contributed by atoms with Crippen LogP contribution in [-0.2, 0) is 11.3 Å². The Bertz CT molecular complexity index is 708. The number of anilines is 1. The van der Waals surface area contributed by atoms with Crippen molar-refractivity contribution < 1.29 is 14.3 Å². The van der Waals surface area contributed by atoms with Gasteiger partial charge in [0, 0.05) is 26.2 Å². The lowest BCUT2D eigenvalue weighted by Gasteiger charge is -2.33. The molecule has 0 bridgehead atoms. The molecular weight excluding hydrogens is 330 g/mol. The van der Waals surface area contributed by atoms with Gasteiger partial charge in [-0.15, -0.1) is 0 Å². The Hall–Kier alpha value is -2.57. The summed E-state index contributed by atoms with van der Waals surface area (Å²) < 4.78 is 11.0. The molecule has 0 saturated carbocycles. The van der Waals surface area contributed by atoms with Crippen LogP contribution in [0.25, 0.3) is 0 Å². The number of amides is 2. The van der Waals surface area contributed by atoms with Crippen LogP contribution in [-0.4, -0.2) is 50.4 Å². The van der Waals surface area contributed by atoms with Crippen molar-refractivity contribution in [3.05, 3.63) is 60.2 Å². The highest BCUT2D eigenvalue weighted by atomic mass is 16.5. The number of urea groups is 1. The molecule has 26 heavy (non-hydrogen) atoms. The van der Waals surface area contributed by atoms with E-state index >= 15 is 0 Å². The Morgan fingerprint density at radius 1 is 1.19 bits per heavy atom. The molecule has 0 aliphatic carbocycles. The number of ether oxygens (including phenoxy) is 2. The van der Waals surface area contributed by atoms with Crippen molar-refractivity contribution in [2.24, 2.45) is 0 Å². The van der Waals surface area contributed by atoms with E-state index in [1.807, 2.05) is 18.2 Å². The van der Waals surface area contributed by atoms with Crippen LogP contribution in [0.1, 0.15) is 5.56 Å². The van der Waals surface area contributed by atoms with E-state index in [-0.39, 0.29) is 12.1 Å². The number of benzene rings is 2. The van der Waals surface area contributed by atoms with Crippen LogP contribution in [0.15, 0.2) is 54.6 Å². The van der Waals surface area contributed by atoms with E-state index in [0.29, 0.717) is 24.6 Å². The Balaban J connectivity index is 1.46. The molecule has 0 aromatic heterocycles. The summed E-state index contributed by atoms with van der Waals surface area (Å²) >= 11 is 0. The van der Waals surface area contributed by atoms with Crippen molar-refractivity contribution in [2.45, 2.75) is 12.6 Å². The van der Waals surface area contributed by atoms with Gasteiger partial charge in [-0.2, -0.15) is 0 Å². The molecule has 1 aliphatic heterocycles. The zero-order chi connectivity index (χ0) is 18.2. The summed E-state index contributed by atoms with van der Waals surface area (Å²) in [5.41, 5.74) is 1.93. The van der Waals surface area contributed by atoms with Gasteiger partial charge in [-0.25, -0.2) is 4.79 Å². The number of nitrogens with one attached hydrogen (secondary N) is 2. The first kappa shape index (κ1) is 18.2. The number of morpholine rings is 1. The van der Waals surface area contributed by atoms with Gasteiger partial charge in [-0.05, 0) is 17.7 Å². The fourth-order valence-corrected chi connectivity index (χ4v) is 3.01. The lowest BCUT2D eigenvalue weighted by Crippen LogP contribution is -2.47. The first-order valence-electron chi connectivity index (χ1n) is 8.80. The monoisotopic (exact) mass is 355 g/mol. The maximum Gasteiger partial charge on any atom is 0.319 e. The van der Waals surface area contributed by atoms with Gasteiger partial charge < -0.3 is 20.1 Å². The number of carbonyl (C=O) groups is 1. The number of para-hydroxylation sites is 2. The molecule has 1 aliphatic rings. The third-order valence-corrected chi connectivity index (χ3v) is 4.32. The third-order valence-electron chi connectivity index (χ3n) is 4.32. The molecule has 2 aromatic rings. The summed E-state index contributed by atoms with van der Waals surface area (Å²) in [6, 6.07) is 17.4. The summed E-state index contributed by atoms with van der Waals surface area (Å²) in [6.07, 6.45) is -0.0177. The summed E-state index contributed by atoms with van der Waals surface area (Å²) in [5.74, 6) is 0.630. The lowest BCUT2D eigenvalue weighted by atomic mass is 10.2. The van der Waals surface area contributed by atoms with Crippen LogP contribution in [0.5, 0.6) is 5.75 Å². The largest absolute Gasteiger partial charge is 0.495 e. The van der Waals surface area contributed by atoms with Crippen LogP contribution in [0.4, 0.5) is 10.5 Å². The quantitative estimate of drug-likeness (QED) is 0.836. The highest BCUT2D eigenvalue weighted by molar-refractivity contribution is 5.90. The number of nitrogens with zero attached hydrogens (tertiary/aromatic N) is 1. The molecular formula is C20H25N3O3. The van der Waals surface area contributed by atoms with Gasteiger partial charge >= 0.3 is 6.03 Å². The normalized spacial score (nSPS) is 17.5. The van der Waals surface area contributed by atoms with E-state index < -0.39 is 0 Å². The minimum Gasteiger partial charge on any atom is -0.495 e. The predicted molar refractivity (Wildman–Crippen MR) is 101 cm³/mol. The van der Waals surface area contributed by atoms with E-state index in [0.717, 1.165) is 19.6 Å². The zero-order valence-corrected chi connectivity index (χ0v) is 15.0. The molecule has 6 nitrogen and oxygen atoms in total. The maximum absolute atomic E-state index is 12.1. The van der Waals surface area contributed by atoms with E-state index in [1.54, 1.807) is 19.2 Å². The van der Waals surface area contributed by atoms with Gasteiger partial charge in [-0.3, -0.25) is 4.90 Å². The van der Waals surface area contributed by atoms with Gasteiger partial charge in [0.25, 0.3) is 0 Å². The first-order valence-corrected chi connectivity index (χ1v) is 8.80. The molecule has 1 fully saturated rings. The molecule has 2 N–H and O–H groups in total. The van der Waals surface area contributed by atoms with Gasteiger partial charge in [0.2, 0.25) is 0 Å². The molecule has 0 spiro atoms. The minimum absolute atomic E-state index is 0.0177. The molecule has 1 heterocycles. The number of methoxy groups -OCH3 is 1. The molecule has 6 heteroatoms. The Morgan fingerprint density at radius 3 is 2.77 bits per heavy atom. The molecule has 1 atom stereocenters. The summed E-state index contributed by atoms with van der Waals surface area (Å²) in [4.78, 5) is 14.5. The third kappa shape index (κ3) is 5.21. The van der Waals surface area contributed by atoms with Crippen molar-refractivity contribution >= 4 is 11.7 Å². The maximum atomic E-state index is 12.1. The van der Waals surface area contributed by atoms with Gasteiger partial charge in [0.05, 0.1) is 25.5 Å². The molecule has 0 radical (unpaired) electrons. The standard InChI is InChI=1S/C20H25N3O3/c1-25-19-10-6-5-9-18(19)22-20(24)21-13-17-15-23(11-12-26-17)14-16-7-3-2-4-8-16/h2-10,17H,11-15H2,1H3,(H2,21,22,24)/t17-/m1/s1. The van der Waals surface area contributed by atoms with Crippen LogP contribution in [0.3, 0.4) is 0 Å². The Morgan fingerprint density at radius 2 is 1.96 bits per heavy atom. The van der Waals surface area contributed by atoms with Crippen molar-refractivity contribution in [1.29, 1.82) is 0 Å². The Kier molecular flexibility index (Phi) is 6.46. The van der Waals surface area contributed by atoms with Crippen molar-refractivity contribution in [2.75, 3.05) is 38.7 Å². The second kappa shape index (κ2) is 9.22. The molecule has 0 unspecified atom stereocenters. The van der Waals surface area contributed by atoms with Crippen LogP contribution in [0, 0.1) is 0 Å². The van der Waals surface area contributed by atoms with Crippen LogP contribution >= 0.6 is 0 Å². The minimum atomic E-state index is -0.265. The SMILES string of the molecule is COc1ccccc1NC(=O)NC[C@@H]1CN(Cc2ccccc2)CCO1. The van der Waals surface area contributed by atoms with Crippen molar-refractivity contribution in [3.63, 3.8) is 0 Å². The summed E-state index contributed by atoms with van der Waals surface area (Å²) in [6.45, 7) is 3.73. The second-order valence-electron chi connectivity index (χ2n) is 6.25. The average Bonchev–Trinajstić information content (AvgIpc) is 2.68. The van der Waals surface area contributed by atoms with Gasteiger partial charge in [0.15, 0.2) is 0 Å². The van der Waals surface area contributed by atoms with E-state index in [4.69, 9.17) is 9.47 Å². The average molecular weight is 355 g/mol. The molecule has 2 amide bonds. The smallest absolute Gasteiger partial charge is 0.319 e. The molecule has 3 rings (SSSR count). The molecule has 138 valence electrons. The lowest BCUT2D eigenvalue weighted by molar-refractivity contribution is -0.0285. The summed E-state index contributed by atoms with van der Waals surface area (Å²) in [7, 11) is 1.58. The number of hydrogen-bond donors (Lipinski definition) is 2. The first-order chi connectivity index (χ1) is 12.7. The van der Waals surface area contributed by atoms with E-state index in [9.17, 15) is 4.79 Å². The molecule has 2 aromatic carbocycles. The van der Waals surface area contributed by atoms with Gasteiger partial charge in [-0.1, -0.05) is 42.5 Å². The molecule has 1 saturated heterocycles. The van der Waals surface area contributed by atoms with Crippen LogP contribution < -0.4 is 15.4 Å². The summed E-state index contributed by atoms with van der Waals surface area (Å²) in [5, 5.41) is 5.69. The van der Waals surface area contributed by atoms with E-state index in [1.165, 1.54) is 5.56 Å². The number of rotatable bonds is 6. The highest BCUT2D eigenvalue weighted by Crippen LogP contribution is 2.22.